The predicted molar refractivity (Wildman–Crippen MR) is 48.4 cm³/mol. The second-order valence-corrected chi connectivity index (χ2v) is 3.39. The van der Waals surface area contributed by atoms with Crippen molar-refractivity contribution < 1.29 is 4.74 Å². The van der Waals surface area contributed by atoms with Crippen molar-refractivity contribution in [2.45, 2.75) is 38.8 Å². The second kappa shape index (κ2) is 3.87. The van der Waals surface area contributed by atoms with E-state index in [0.717, 1.165) is 38.2 Å². The van der Waals surface area contributed by atoms with Crippen LogP contribution in [0.1, 0.15) is 25.6 Å². The molecule has 1 aromatic rings. The van der Waals surface area contributed by atoms with Gasteiger partial charge >= 0.3 is 0 Å². The molecular weight excluding hydrogens is 166 g/mol. The molecular formula is C9H15N3O. The molecule has 0 radical (unpaired) electrons. The van der Waals surface area contributed by atoms with Crippen LogP contribution < -0.4 is 0 Å². The molecule has 0 bridgehead atoms. The molecule has 2 heterocycles. The average molecular weight is 181 g/mol. The number of ether oxygens (including phenoxy) is 1. The largest absolute Gasteiger partial charge is 0.373 e. The Bertz CT molecular complexity index is 268. The van der Waals surface area contributed by atoms with E-state index in [1.807, 2.05) is 4.68 Å². The van der Waals surface area contributed by atoms with Gasteiger partial charge < -0.3 is 4.74 Å². The fourth-order valence-electron chi connectivity index (χ4n) is 1.41. The minimum Gasteiger partial charge on any atom is -0.373 e. The maximum Gasteiger partial charge on any atom is 0.138 e. The Kier molecular flexibility index (Phi) is 2.59. The van der Waals surface area contributed by atoms with E-state index in [0.29, 0.717) is 6.10 Å². The molecule has 2 rings (SSSR count). The van der Waals surface area contributed by atoms with Crippen LogP contribution in [0.15, 0.2) is 6.33 Å². The lowest BCUT2D eigenvalue weighted by Crippen LogP contribution is -2.06. The third kappa shape index (κ3) is 2.28. The standard InChI is InChI=1S/C9H15N3O/c1-2-5-12-9(10-7-11-12)4-3-8-6-13-8/h7-8H,2-6H2,1H3. The van der Waals surface area contributed by atoms with E-state index in [-0.39, 0.29) is 0 Å². The molecule has 1 unspecified atom stereocenters. The number of nitrogens with zero attached hydrogens (tertiary/aromatic N) is 3. The molecule has 0 amide bonds. The number of aryl methyl sites for hydroxylation is 2. The molecule has 1 saturated heterocycles. The Hall–Kier alpha value is -0.900. The molecule has 0 aliphatic carbocycles. The molecule has 1 aromatic heterocycles. The highest BCUT2D eigenvalue weighted by atomic mass is 16.6. The summed E-state index contributed by atoms with van der Waals surface area (Å²) in [5.41, 5.74) is 0. The van der Waals surface area contributed by atoms with Crippen molar-refractivity contribution in [2.24, 2.45) is 0 Å². The fraction of sp³-hybridized carbons (Fsp3) is 0.778. The van der Waals surface area contributed by atoms with Crippen LogP contribution in [0.3, 0.4) is 0 Å². The molecule has 1 fully saturated rings. The fourth-order valence-corrected chi connectivity index (χ4v) is 1.41. The van der Waals surface area contributed by atoms with E-state index < -0.39 is 0 Å². The molecule has 0 aromatic carbocycles. The van der Waals surface area contributed by atoms with Gasteiger partial charge in [0, 0.05) is 13.0 Å². The normalized spacial score (nSPS) is 20.5. The molecule has 1 aliphatic rings. The number of aromatic nitrogens is 3. The lowest BCUT2D eigenvalue weighted by atomic mass is 10.2. The van der Waals surface area contributed by atoms with Crippen molar-refractivity contribution in [2.75, 3.05) is 6.61 Å². The SMILES string of the molecule is CCCn1ncnc1CCC1CO1. The molecule has 13 heavy (non-hydrogen) atoms. The smallest absolute Gasteiger partial charge is 0.138 e. The summed E-state index contributed by atoms with van der Waals surface area (Å²) >= 11 is 0. The van der Waals surface area contributed by atoms with Gasteiger partial charge in [0.25, 0.3) is 0 Å². The molecule has 0 saturated carbocycles. The summed E-state index contributed by atoms with van der Waals surface area (Å²) in [4.78, 5) is 4.23. The topological polar surface area (TPSA) is 43.2 Å². The van der Waals surface area contributed by atoms with Crippen LogP contribution in [0.25, 0.3) is 0 Å². The molecule has 4 heteroatoms. The van der Waals surface area contributed by atoms with Crippen molar-refractivity contribution in [3.8, 4) is 0 Å². The van der Waals surface area contributed by atoms with Crippen molar-refractivity contribution in [3.05, 3.63) is 12.2 Å². The van der Waals surface area contributed by atoms with Crippen LogP contribution in [0.4, 0.5) is 0 Å². The van der Waals surface area contributed by atoms with Crippen LogP contribution >= 0.6 is 0 Å². The molecule has 4 nitrogen and oxygen atoms in total. The van der Waals surface area contributed by atoms with Crippen LogP contribution in [-0.4, -0.2) is 27.5 Å². The van der Waals surface area contributed by atoms with Gasteiger partial charge in [-0.3, -0.25) is 4.68 Å². The van der Waals surface area contributed by atoms with E-state index in [1.54, 1.807) is 6.33 Å². The summed E-state index contributed by atoms with van der Waals surface area (Å²) in [5, 5.41) is 4.17. The highest BCUT2D eigenvalue weighted by Crippen LogP contribution is 2.15. The first kappa shape index (κ1) is 8.69. The Labute approximate surface area is 77.9 Å². The number of epoxide rings is 1. The Morgan fingerprint density at radius 1 is 1.69 bits per heavy atom. The Balaban J connectivity index is 1.88. The van der Waals surface area contributed by atoms with Gasteiger partial charge in [0.05, 0.1) is 12.7 Å². The molecule has 72 valence electrons. The molecule has 1 aliphatic heterocycles. The lowest BCUT2D eigenvalue weighted by Gasteiger charge is -2.02. The first-order valence-corrected chi connectivity index (χ1v) is 4.88. The average Bonchev–Trinajstić information content (AvgIpc) is 2.86. The third-order valence-electron chi connectivity index (χ3n) is 2.22. The van der Waals surface area contributed by atoms with Gasteiger partial charge in [0.2, 0.25) is 0 Å². The van der Waals surface area contributed by atoms with E-state index >= 15 is 0 Å². The monoisotopic (exact) mass is 181 g/mol. The zero-order chi connectivity index (χ0) is 9.10. The minimum absolute atomic E-state index is 0.492. The molecule has 0 spiro atoms. The highest BCUT2D eigenvalue weighted by Gasteiger charge is 2.22. The number of rotatable bonds is 5. The van der Waals surface area contributed by atoms with Crippen molar-refractivity contribution in [1.29, 1.82) is 0 Å². The van der Waals surface area contributed by atoms with Crippen LogP contribution in [0.5, 0.6) is 0 Å². The lowest BCUT2D eigenvalue weighted by molar-refractivity contribution is 0.393. The van der Waals surface area contributed by atoms with E-state index in [1.165, 1.54) is 0 Å². The number of hydrogen-bond donors (Lipinski definition) is 0. The zero-order valence-electron chi connectivity index (χ0n) is 7.94. The van der Waals surface area contributed by atoms with Crippen LogP contribution in [0, 0.1) is 0 Å². The first-order chi connectivity index (χ1) is 6.40. The maximum absolute atomic E-state index is 5.15. The van der Waals surface area contributed by atoms with E-state index in [2.05, 4.69) is 17.0 Å². The predicted octanol–water partition coefficient (Wildman–Crippen LogP) is 1.02. The van der Waals surface area contributed by atoms with Gasteiger partial charge in [-0.05, 0) is 12.8 Å². The second-order valence-electron chi connectivity index (χ2n) is 3.39. The third-order valence-corrected chi connectivity index (χ3v) is 2.22. The van der Waals surface area contributed by atoms with E-state index in [9.17, 15) is 0 Å². The quantitative estimate of drug-likeness (QED) is 0.637. The first-order valence-electron chi connectivity index (χ1n) is 4.88. The summed E-state index contributed by atoms with van der Waals surface area (Å²) in [6.07, 6.45) is 5.31. The molecule has 1 atom stereocenters. The van der Waals surface area contributed by atoms with Crippen molar-refractivity contribution in [3.63, 3.8) is 0 Å². The summed E-state index contributed by atoms with van der Waals surface area (Å²) in [5.74, 6) is 1.09. The van der Waals surface area contributed by atoms with Gasteiger partial charge in [0.1, 0.15) is 12.2 Å². The van der Waals surface area contributed by atoms with Gasteiger partial charge in [0.15, 0.2) is 0 Å². The number of hydrogen-bond acceptors (Lipinski definition) is 3. The van der Waals surface area contributed by atoms with Gasteiger partial charge in [-0.2, -0.15) is 5.10 Å². The maximum atomic E-state index is 5.15. The summed E-state index contributed by atoms with van der Waals surface area (Å²) in [6, 6.07) is 0. The highest BCUT2D eigenvalue weighted by molar-refractivity contribution is 4.87. The van der Waals surface area contributed by atoms with Gasteiger partial charge in [-0.25, -0.2) is 4.98 Å². The van der Waals surface area contributed by atoms with Gasteiger partial charge in [-0.1, -0.05) is 6.92 Å². The summed E-state index contributed by atoms with van der Waals surface area (Å²) < 4.78 is 7.14. The van der Waals surface area contributed by atoms with Crippen molar-refractivity contribution in [1.82, 2.24) is 14.8 Å². The Morgan fingerprint density at radius 3 is 3.23 bits per heavy atom. The summed E-state index contributed by atoms with van der Waals surface area (Å²) in [6.45, 7) is 4.05. The van der Waals surface area contributed by atoms with Crippen LogP contribution in [0.2, 0.25) is 0 Å². The zero-order valence-corrected chi connectivity index (χ0v) is 7.94. The molecule has 0 N–H and O–H groups in total. The Morgan fingerprint density at radius 2 is 2.54 bits per heavy atom. The summed E-state index contributed by atoms with van der Waals surface area (Å²) in [7, 11) is 0. The van der Waals surface area contributed by atoms with Gasteiger partial charge in [-0.15, -0.1) is 0 Å². The minimum atomic E-state index is 0.492. The van der Waals surface area contributed by atoms with Crippen molar-refractivity contribution >= 4 is 0 Å². The van der Waals surface area contributed by atoms with E-state index in [4.69, 9.17) is 4.74 Å². The van der Waals surface area contributed by atoms with Crippen LogP contribution in [-0.2, 0) is 17.7 Å².